The average Bonchev–Trinajstić information content (AvgIpc) is 3.25. The molecule has 0 aromatic heterocycles. The number of hydrogen-bond acceptors (Lipinski definition) is 3. The Bertz CT molecular complexity index is 757. The topological polar surface area (TPSA) is 66.5 Å². The van der Waals surface area contributed by atoms with Gasteiger partial charge < -0.3 is 4.90 Å². The smallest absolute Gasteiger partial charge is 0.242 e. The summed E-state index contributed by atoms with van der Waals surface area (Å²) in [5, 5.41) is 0. The molecule has 1 aliphatic carbocycles. The molecular weight excluding hydrogens is 392 g/mol. The van der Waals surface area contributed by atoms with E-state index < -0.39 is 10.0 Å². The molecule has 1 aliphatic heterocycles. The molecule has 5 nitrogen and oxygen atoms in total. The number of nitrogens with zero attached hydrogens (tertiary/aromatic N) is 1. The molecule has 0 radical (unpaired) electrons. The molecule has 3 rings (SSSR count). The van der Waals surface area contributed by atoms with Crippen molar-refractivity contribution in [2.75, 3.05) is 18.0 Å². The van der Waals surface area contributed by atoms with Gasteiger partial charge in [0, 0.05) is 23.5 Å². The first-order valence-electron chi connectivity index (χ1n) is 8.43. The zero-order valence-electron chi connectivity index (χ0n) is 14.0. The van der Waals surface area contributed by atoms with E-state index in [0.717, 1.165) is 29.3 Å². The Hall–Kier alpha value is -0.920. The zero-order valence-corrected chi connectivity index (χ0v) is 16.4. The molecule has 24 heavy (non-hydrogen) atoms. The fraction of sp³-hybridized carbons (Fsp3) is 0.588. The highest BCUT2D eigenvalue weighted by molar-refractivity contribution is 9.10. The van der Waals surface area contributed by atoms with Gasteiger partial charge in [0.1, 0.15) is 4.90 Å². The number of halogens is 1. The van der Waals surface area contributed by atoms with Crippen molar-refractivity contribution < 1.29 is 13.2 Å². The first-order chi connectivity index (χ1) is 11.3. The first kappa shape index (κ1) is 17.9. The van der Waals surface area contributed by atoms with E-state index in [9.17, 15) is 13.2 Å². The highest BCUT2D eigenvalue weighted by Crippen LogP contribution is 2.41. The highest BCUT2D eigenvalue weighted by Gasteiger charge is 2.39. The molecule has 1 saturated carbocycles. The number of nitrogens with one attached hydrogen (secondary N) is 1. The molecular formula is C17H23BrN2O3S. The molecule has 1 aromatic carbocycles. The van der Waals surface area contributed by atoms with Gasteiger partial charge in [0.05, 0.1) is 5.69 Å². The normalized spacial score (nSPS) is 17.4. The second-order valence-electron chi connectivity index (χ2n) is 7.01. The van der Waals surface area contributed by atoms with Crippen LogP contribution in [0.15, 0.2) is 21.5 Å². The van der Waals surface area contributed by atoms with E-state index in [4.69, 9.17) is 0 Å². The van der Waals surface area contributed by atoms with E-state index in [2.05, 4.69) is 34.5 Å². The van der Waals surface area contributed by atoms with Gasteiger partial charge in [0.2, 0.25) is 15.9 Å². The van der Waals surface area contributed by atoms with Crippen molar-refractivity contribution in [3.63, 3.8) is 0 Å². The summed E-state index contributed by atoms with van der Waals surface area (Å²) in [5.41, 5.74) is 1.50. The Labute approximate surface area is 152 Å². The van der Waals surface area contributed by atoms with Crippen LogP contribution in [0.2, 0.25) is 0 Å². The number of anilines is 1. The van der Waals surface area contributed by atoms with Crippen LogP contribution >= 0.6 is 15.9 Å². The van der Waals surface area contributed by atoms with Crippen LogP contribution in [-0.4, -0.2) is 27.4 Å². The summed E-state index contributed by atoms with van der Waals surface area (Å²) in [6.45, 7) is 5.08. The number of carbonyl (C=O) groups excluding carboxylic acids is 1. The number of benzene rings is 1. The molecule has 0 atom stereocenters. The highest BCUT2D eigenvalue weighted by atomic mass is 79.9. The quantitative estimate of drug-likeness (QED) is 0.777. The van der Waals surface area contributed by atoms with Gasteiger partial charge >= 0.3 is 0 Å². The molecule has 7 heteroatoms. The predicted octanol–water partition coefficient (Wildman–Crippen LogP) is 3.07. The molecule has 1 heterocycles. The van der Waals surface area contributed by atoms with Crippen LogP contribution in [-0.2, 0) is 21.2 Å². The van der Waals surface area contributed by atoms with E-state index in [0.29, 0.717) is 31.1 Å². The minimum atomic E-state index is -3.65. The summed E-state index contributed by atoms with van der Waals surface area (Å²) in [6, 6.07) is 3.53. The third-order valence-electron chi connectivity index (χ3n) is 4.49. The Morgan fingerprint density at radius 2 is 2.08 bits per heavy atom. The number of amides is 1. The van der Waals surface area contributed by atoms with Gasteiger partial charge in [0.25, 0.3) is 0 Å². The molecule has 0 saturated heterocycles. The van der Waals surface area contributed by atoms with Crippen LogP contribution in [0.4, 0.5) is 5.69 Å². The van der Waals surface area contributed by atoms with Gasteiger partial charge in [-0.15, -0.1) is 0 Å². The third kappa shape index (κ3) is 3.68. The van der Waals surface area contributed by atoms with Gasteiger partial charge in [0.15, 0.2) is 0 Å². The van der Waals surface area contributed by atoms with E-state index in [1.807, 2.05) is 6.07 Å². The van der Waals surface area contributed by atoms with Gasteiger partial charge in [-0.2, -0.15) is 0 Å². The van der Waals surface area contributed by atoms with Crippen LogP contribution in [0.5, 0.6) is 0 Å². The van der Waals surface area contributed by atoms with Crippen LogP contribution < -0.4 is 9.62 Å². The summed E-state index contributed by atoms with van der Waals surface area (Å²) in [7, 11) is -3.65. The summed E-state index contributed by atoms with van der Waals surface area (Å²) >= 11 is 3.40. The second-order valence-corrected chi connectivity index (χ2v) is 9.66. The van der Waals surface area contributed by atoms with Crippen molar-refractivity contribution >= 4 is 37.5 Å². The Morgan fingerprint density at radius 1 is 1.38 bits per heavy atom. The maximum absolute atomic E-state index is 12.8. The number of fused-ring (bicyclic) bond motifs is 1. The average molecular weight is 415 g/mol. The van der Waals surface area contributed by atoms with Crippen molar-refractivity contribution in [2.45, 2.75) is 44.4 Å². The lowest BCUT2D eigenvalue weighted by molar-refractivity contribution is -0.119. The molecule has 132 valence electrons. The summed E-state index contributed by atoms with van der Waals surface area (Å²) in [5.74, 6) is 0.563. The van der Waals surface area contributed by atoms with Gasteiger partial charge in [-0.1, -0.05) is 29.8 Å². The largest absolute Gasteiger partial charge is 0.310 e. The van der Waals surface area contributed by atoms with E-state index >= 15 is 0 Å². The van der Waals surface area contributed by atoms with Gasteiger partial charge in [-0.05, 0) is 49.3 Å². The summed E-state index contributed by atoms with van der Waals surface area (Å²) in [4.78, 5) is 14.4. The number of sulfonamides is 1. The third-order valence-corrected chi connectivity index (χ3v) is 6.42. The van der Waals surface area contributed by atoms with Crippen LogP contribution in [0.1, 0.15) is 38.7 Å². The minimum Gasteiger partial charge on any atom is -0.310 e. The predicted molar refractivity (Wildman–Crippen MR) is 97.6 cm³/mol. The fourth-order valence-electron chi connectivity index (χ4n) is 3.00. The lowest BCUT2D eigenvalue weighted by atomic mass is 10.1. The minimum absolute atomic E-state index is 0.0645. The zero-order chi connectivity index (χ0) is 17.5. The van der Waals surface area contributed by atoms with E-state index in [1.54, 1.807) is 11.0 Å². The summed E-state index contributed by atoms with van der Waals surface area (Å²) < 4.78 is 29.0. The SMILES string of the molecule is CC(C)CCNS(=O)(=O)c1cc(Br)cc2c1N(C(=O)C1CC1)CC2. The Kier molecular flexibility index (Phi) is 5.04. The first-order valence-corrected chi connectivity index (χ1v) is 10.7. The molecule has 0 spiro atoms. The Balaban J connectivity index is 1.94. The van der Waals surface area contributed by atoms with Crippen molar-refractivity contribution in [3.05, 3.63) is 22.2 Å². The maximum atomic E-state index is 12.8. The molecule has 2 aliphatic rings. The van der Waals surface area contributed by atoms with Crippen molar-refractivity contribution in [1.82, 2.24) is 4.72 Å². The van der Waals surface area contributed by atoms with E-state index in [1.165, 1.54) is 0 Å². The van der Waals surface area contributed by atoms with Crippen molar-refractivity contribution in [2.24, 2.45) is 11.8 Å². The van der Waals surface area contributed by atoms with Gasteiger partial charge in [-0.25, -0.2) is 13.1 Å². The maximum Gasteiger partial charge on any atom is 0.242 e. The number of hydrogen-bond donors (Lipinski definition) is 1. The molecule has 0 bridgehead atoms. The molecule has 1 N–H and O–H groups in total. The standard InChI is InChI=1S/C17H23BrN2O3S/c1-11(2)5-7-19-24(22,23)15-10-14(18)9-13-6-8-20(16(13)15)17(21)12-3-4-12/h9-12,19H,3-8H2,1-2H3. The molecule has 1 aromatic rings. The lowest BCUT2D eigenvalue weighted by Gasteiger charge is -2.21. The van der Waals surface area contributed by atoms with Crippen LogP contribution in [0.25, 0.3) is 0 Å². The van der Waals surface area contributed by atoms with E-state index in [-0.39, 0.29) is 16.7 Å². The Morgan fingerprint density at radius 3 is 2.71 bits per heavy atom. The second kappa shape index (κ2) is 6.77. The van der Waals surface area contributed by atoms with Crippen molar-refractivity contribution in [1.29, 1.82) is 0 Å². The number of carbonyl (C=O) groups is 1. The molecule has 1 amide bonds. The van der Waals surface area contributed by atoms with Gasteiger partial charge in [-0.3, -0.25) is 4.79 Å². The summed E-state index contributed by atoms with van der Waals surface area (Å²) in [6.07, 6.45) is 3.30. The van der Waals surface area contributed by atoms with Crippen molar-refractivity contribution in [3.8, 4) is 0 Å². The number of rotatable bonds is 6. The fourth-order valence-corrected chi connectivity index (χ4v) is 4.98. The van der Waals surface area contributed by atoms with Crippen LogP contribution in [0, 0.1) is 11.8 Å². The molecule has 1 fully saturated rings. The monoisotopic (exact) mass is 414 g/mol. The van der Waals surface area contributed by atoms with Crippen LogP contribution in [0.3, 0.4) is 0 Å². The lowest BCUT2D eigenvalue weighted by Crippen LogP contribution is -2.33. The molecule has 0 unspecified atom stereocenters.